The second kappa shape index (κ2) is 8.03. The molecule has 2 amide bonds. The van der Waals surface area contributed by atoms with Crippen molar-refractivity contribution in [3.63, 3.8) is 0 Å². The summed E-state index contributed by atoms with van der Waals surface area (Å²) in [6.07, 6.45) is 2.53. The fourth-order valence-corrected chi connectivity index (χ4v) is 3.18. The highest BCUT2D eigenvalue weighted by molar-refractivity contribution is 6.05. The summed E-state index contributed by atoms with van der Waals surface area (Å²) in [5.74, 6) is -0.570. The van der Waals surface area contributed by atoms with Crippen LogP contribution in [0.5, 0.6) is 0 Å². The lowest BCUT2D eigenvalue weighted by atomic mass is 10.1. The number of anilines is 2. The lowest BCUT2D eigenvalue weighted by Gasteiger charge is -2.28. The lowest BCUT2D eigenvalue weighted by Crippen LogP contribution is -2.35. The molecule has 0 bridgehead atoms. The number of methoxy groups -OCH3 is 1. The van der Waals surface area contributed by atoms with E-state index in [2.05, 4.69) is 10.1 Å². The smallest absolute Gasteiger partial charge is 0.337 e. The van der Waals surface area contributed by atoms with Crippen LogP contribution in [0.3, 0.4) is 0 Å². The summed E-state index contributed by atoms with van der Waals surface area (Å²) in [7, 11) is 1.31. The van der Waals surface area contributed by atoms with E-state index in [0.717, 1.165) is 30.6 Å². The van der Waals surface area contributed by atoms with Gasteiger partial charge in [-0.1, -0.05) is 0 Å². The summed E-state index contributed by atoms with van der Waals surface area (Å²) < 4.78 is 4.65. The Morgan fingerprint density at radius 1 is 1.04 bits per heavy atom. The van der Waals surface area contributed by atoms with E-state index in [4.69, 9.17) is 0 Å². The lowest BCUT2D eigenvalue weighted by molar-refractivity contribution is -0.119. The number of aryl methyl sites for hydroxylation is 1. The molecule has 0 spiro atoms. The number of nitrogens with one attached hydrogen (secondary N) is 1. The molecule has 1 saturated heterocycles. The third kappa shape index (κ3) is 4.16. The molecule has 1 aliphatic rings. The van der Waals surface area contributed by atoms with Crippen LogP contribution in [0.1, 0.15) is 45.5 Å². The van der Waals surface area contributed by atoms with Gasteiger partial charge in [0.05, 0.1) is 12.7 Å². The Kier molecular flexibility index (Phi) is 5.54. The minimum atomic E-state index is -0.444. The maximum absolute atomic E-state index is 12.4. The van der Waals surface area contributed by atoms with Gasteiger partial charge in [0, 0.05) is 29.9 Å². The molecule has 1 N–H and O–H groups in total. The standard InChI is InChI=1S/C21H22N2O4/c1-14-13-17(10-11-18(14)23-12-4-3-5-19(23)24)22-20(25)15-6-8-16(9-7-15)21(26)27-2/h6-11,13H,3-5,12H2,1-2H3,(H,22,25). The quantitative estimate of drug-likeness (QED) is 0.840. The highest BCUT2D eigenvalue weighted by atomic mass is 16.5. The zero-order valence-corrected chi connectivity index (χ0v) is 15.5. The molecule has 1 aliphatic heterocycles. The number of esters is 1. The molecule has 140 valence electrons. The van der Waals surface area contributed by atoms with Crippen molar-refractivity contribution in [3.8, 4) is 0 Å². The Balaban J connectivity index is 1.72. The van der Waals surface area contributed by atoms with E-state index >= 15 is 0 Å². The van der Waals surface area contributed by atoms with Gasteiger partial charge in [0.15, 0.2) is 0 Å². The predicted molar refractivity (Wildman–Crippen MR) is 103 cm³/mol. The summed E-state index contributed by atoms with van der Waals surface area (Å²) in [4.78, 5) is 37.8. The average Bonchev–Trinajstić information content (AvgIpc) is 2.68. The zero-order valence-electron chi connectivity index (χ0n) is 15.5. The van der Waals surface area contributed by atoms with E-state index in [1.54, 1.807) is 30.3 Å². The second-order valence-corrected chi connectivity index (χ2v) is 6.53. The molecule has 0 aromatic heterocycles. The molecule has 6 nitrogen and oxygen atoms in total. The molecule has 0 saturated carbocycles. The first-order chi connectivity index (χ1) is 13.0. The van der Waals surface area contributed by atoms with E-state index in [9.17, 15) is 14.4 Å². The minimum Gasteiger partial charge on any atom is -0.465 e. The van der Waals surface area contributed by atoms with Crippen LogP contribution in [0.2, 0.25) is 0 Å². The van der Waals surface area contributed by atoms with Crippen molar-refractivity contribution in [2.75, 3.05) is 23.9 Å². The number of benzene rings is 2. The molecule has 3 rings (SSSR count). The number of carbonyl (C=O) groups excluding carboxylic acids is 3. The maximum atomic E-state index is 12.4. The van der Waals surface area contributed by atoms with Crippen LogP contribution in [0.15, 0.2) is 42.5 Å². The summed E-state index contributed by atoms with van der Waals surface area (Å²) in [5, 5.41) is 2.84. The van der Waals surface area contributed by atoms with Gasteiger partial charge in [0.25, 0.3) is 5.91 Å². The number of carbonyl (C=O) groups is 3. The van der Waals surface area contributed by atoms with Gasteiger partial charge in [0.2, 0.25) is 5.91 Å². The summed E-state index contributed by atoms with van der Waals surface area (Å²) in [5.41, 5.74) is 3.31. The molecule has 0 radical (unpaired) electrons. The van der Waals surface area contributed by atoms with Gasteiger partial charge >= 0.3 is 5.97 Å². The van der Waals surface area contributed by atoms with Gasteiger partial charge in [0.1, 0.15) is 0 Å². The Morgan fingerprint density at radius 3 is 2.37 bits per heavy atom. The number of piperidine rings is 1. The maximum Gasteiger partial charge on any atom is 0.337 e. The van der Waals surface area contributed by atoms with Crippen molar-refractivity contribution in [3.05, 3.63) is 59.2 Å². The highest BCUT2D eigenvalue weighted by Gasteiger charge is 2.21. The van der Waals surface area contributed by atoms with Crippen LogP contribution in [0.4, 0.5) is 11.4 Å². The molecule has 27 heavy (non-hydrogen) atoms. The van der Waals surface area contributed by atoms with Crippen LogP contribution in [0.25, 0.3) is 0 Å². The first-order valence-electron chi connectivity index (χ1n) is 8.90. The summed E-state index contributed by atoms with van der Waals surface area (Å²) in [6, 6.07) is 11.8. The topological polar surface area (TPSA) is 75.7 Å². The van der Waals surface area contributed by atoms with E-state index < -0.39 is 5.97 Å². The van der Waals surface area contributed by atoms with Gasteiger partial charge < -0.3 is 15.0 Å². The van der Waals surface area contributed by atoms with Crippen molar-refractivity contribution >= 4 is 29.2 Å². The molecule has 2 aromatic rings. The summed E-state index contributed by atoms with van der Waals surface area (Å²) in [6.45, 7) is 2.66. The van der Waals surface area contributed by atoms with Gasteiger partial charge in [-0.15, -0.1) is 0 Å². The number of rotatable bonds is 4. The number of hydrogen-bond donors (Lipinski definition) is 1. The van der Waals surface area contributed by atoms with Crippen LogP contribution in [-0.4, -0.2) is 31.4 Å². The van der Waals surface area contributed by atoms with Gasteiger partial charge in [-0.3, -0.25) is 9.59 Å². The van der Waals surface area contributed by atoms with E-state index in [-0.39, 0.29) is 11.8 Å². The molecule has 0 unspecified atom stereocenters. The Morgan fingerprint density at radius 2 is 1.74 bits per heavy atom. The van der Waals surface area contributed by atoms with Crippen LogP contribution < -0.4 is 10.2 Å². The molecule has 1 heterocycles. The van der Waals surface area contributed by atoms with Crippen molar-refractivity contribution in [2.45, 2.75) is 26.2 Å². The third-order valence-electron chi connectivity index (χ3n) is 4.64. The van der Waals surface area contributed by atoms with E-state index in [0.29, 0.717) is 23.2 Å². The summed E-state index contributed by atoms with van der Waals surface area (Å²) >= 11 is 0. The highest BCUT2D eigenvalue weighted by Crippen LogP contribution is 2.27. The van der Waals surface area contributed by atoms with Gasteiger partial charge in [-0.05, 0) is 67.8 Å². The van der Waals surface area contributed by atoms with Crippen LogP contribution in [-0.2, 0) is 9.53 Å². The molecule has 2 aromatic carbocycles. The van der Waals surface area contributed by atoms with Crippen molar-refractivity contribution in [2.24, 2.45) is 0 Å². The monoisotopic (exact) mass is 366 g/mol. The molecular formula is C21H22N2O4. The Hall–Kier alpha value is -3.15. The van der Waals surface area contributed by atoms with E-state index in [1.165, 1.54) is 7.11 Å². The van der Waals surface area contributed by atoms with Crippen molar-refractivity contribution in [1.82, 2.24) is 0 Å². The third-order valence-corrected chi connectivity index (χ3v) is 4.64. The van der Waals surface area contributed by atoms with Crippen LogP contribution >= 0.6 is 0 Å². The molecule has 6 heteroatoms. The number of amides is 2. The predicted octanol–water partition coefficient (Wildman–Crippen LogP) is 3.55. The minimum absolute atomic E-state index is 0.145. The largest absolute Gasteiger partial charge is 0.465 e. The van der Waals surface area contributed by atoms with Crippen molar-refractivity contribution in [1.29, 1.82) is 0 Å². The fourth-order valence-electron chi connectivity index (χ4n) is 3.18. The molecule has 0 atom stereocenters. The Bertz CT molecular complexity index is 874. The SMILES string of the molecule is COC(=O)c1ccc(C(=O)Nc2ccc(N3CCCCC3=O)c(C)c2)cc1. The van der Waals surface area contributed by atoms with E-state index in [1.807, 2.05) is 24.0 Å². The second-order valence-electron chi connectivity index (χ2n) is 6.53. The number of ether oxygens (including phenoxy) is 1. The normalized spacial score (nSPS) is 14.0. The van der Waals surface area contributed by atoms with Gasteiger partial charge in [-0.2, -0.15) is 0 Å². The van der Waals surface area contributed by atoms with Crippen LogP contribution in [0, 0.1) is 6.92 Å². The molecule has 1 fully saturated rings. The first kappa shape index (κ1) is 18.6. The van der Waals surface area contributed by atoms with Crippen molar-refractivity contribution < 1.29 is 19.1 Å². The Labute approximate surface area is 158 Å². The number of hydrogen-bond acceptors (Lipinski definition) is 4. The number of nitrogens with zero attached hydrogens (tertiary/aromatic N) is 1. The average molecular weight is 366 g/mol. The first-order valence-corrected chi connectivity index (χ1v) is 8.90. The molecular weight excluding hydrogens is 344 g/mol. The van der Waals surface area contributed by atoms with Gasteiger partial charge in [-0.25, -0.2) is 4.79 Å². The molecule has 0 aliphatic carbocycles. The fraction of sp³-hybridized carbons (Fsp3) is 0.286. The zero-order chi connectivity index (χ0) is 19.4.